The molecule has 2 N–H and O–H groups in total. The van der Waals surface area contributed by atoms with Crippen LogP contribution in [0.15, 0.2) is 12.3 Å². The lowest BCUT2D eigenvalue weighted by atomic mass is 10.2. The fraction of sp³-hybridized carbons (Fsp3) is 0.500. The topological polar surface area (TPSA) is 97.1 Å². The average molecular weight is 345 g/mol. The highest BCUT2D eigenvalue weighted by atomic mass is 16.2. The van der Waals surface area contributed by atoms with Crippen molar-refractivity contribution in [2.45, 2.75) is 32.9 Å². The second-order valence-electron chi connectivity index (χ2n) is 6.30. The summed E-state index contributed by atoms with van der Waals surface area (Å²) in [7, 11) is 3.66. The third kappa shape index (κ3) is 3.35. The van der Waals surface area contributed by atoms with Gasteiger partial charge in [-0.2, -0.15) is 10.2 Å². The number of nitrogens with one attached hydrogen (secondary N) is 2. The van der Waals surface area contributed by atoms with Crippen LogP contribution in [0.25, 0.3) is 0 Å². The molecule has 0 unspecified atom stereocenters. The second-order valence-corrected chi connectivity index (χ2v) is 6.30. The molecule has 0 radical (unpaired) electrons. The minimum Gasteiger partial charge on any atom is -0.334 e. The first-order chi connectivity index (χ1) is 11.9. The van der Waals surface area contributed by atoms with E-state index in [9.17, 15) is 9.59 Å². The van der Waals surface area contributed by atoms with Gasteiger partial charge < -0.3 is 10.6 Å². The summed E-state index contributed by atoms with van der Waals surface area (Å²) in [6, 6.07) is 0.987. The molecule has 1 fully saturated rings. The molecule has 1 aliphatic heterocycles. The van der Waals surface area contributed by atoms with Gasteiger partial charge in [0.15, 0.2) is 0 Å². The molecule has 9 nitrogen and oxygen atoms in total. The molecular weight excluding hydrogens is 322 g/mol. The molecule has 3 heterocycles. The summed E-state index contributed by atoms with van der Waals surface area (Å²) in [5, 5.41) is 13.9. The zero-order chi connectivity index (χ0) is 18.1. The van der Waals surface area contributed by atoms with Crippen molar-refractivity contribution in [3.63, 3.8) is 0 Å². The number of carbonyl (C=O) groups excluding carboxylic acids is 2. The van der Waals surface area contributed by atoms with Crippen molar-refractivity contribution in [2.24, 2.45) is 14.1 Å². The molecule has 1 aliphatic rings. The first kappa shape index (κ1) is 17.0. The SMILES string of the molecule is Cc1cc(N2CC[C@H](NC(=O)NCc3cnn(C)c3C)C2=O)n(C)n1. The van der Waals surface area contributed by atoms with Gasteiger partial charge in [-0.05, 0) is 20.3 Å². The molecule has 25 heavy (non-hydrogen) atoms. The molecule has 1 saturated heterocycles. The summed E-state index contributed by atoms with van der Waals surface area (Å²) >= 11 is 0. The normalized spacial score (nSPS) is 17.2. The number of anilines is 1. The van der Waals surface area contributed by atoms with E-state index >= 15 is 0 Å². The number of amides is 3. The lowest BCUT2D eigenvalue weighted by Crippen LogP contribution is -2.46. The number of rotatable bonds is 4. The Kier molecular flexibility index (Phi) is 4.47. The number of hydrogen-bond donors (Lipinski definition) is 2. The van der Waals surface area contributed by atoms with Crippen molar-refractivity contribution >= 4 is 17.8 Å². The molecule has 0 aliphatic carbocycles. The van der Waals surface area contributed by atoms with Crippen LogP contribution in [-0.2, 0) is 25.4 Å². The predicted molar refractivity (Wildman–Crippen MR) is 92.0 cm³/mol. The van der Waals surface area contributed by atoms with Gasteiger partial charge in [-0.1, -0.05) is 0 Å². The molecule has 3 amide bonds. The summed E-state index contributed by atoms with van der Waals surface area (Å²) in [5.74, 6) is 0.633. The number of urea groups is 1. The molecule has 2 aromatic rings. The Morgan fingerprint density at radius 3 is 2.68 bits per heavy atom. The average Bonchev–Trinajstić information content (AvgIpc) is 3.18. The third-order valence-corrected chi connectivity index (χ3v) is 4.54. The van der Waals surface area contributed by atoms with Gasteiger partial charge in [0.1, 0.15) is 11.9 Å². The zero-order valence-electron chi connectivity index (χ0n) is 14.9. The van der Waals surface area contributed by atoms with Crippen LogP contribution >= 0.6 is 0 Å². The zero-order valence-corrected chi connectivity index (χ0v) is 14.9. The van der Waals surface area contributed by atoms with E-state index in [-0.39, 0.29) is 11.9 Å². The van der Waals surface area contributed by atoms with Crippen LogP contribution in [0.1, 0.15) is 23.4 Å². The molecule has 1 atom stereocenters. The van der Waals surface area contributed by atoms with Gasteiger partial charge in [-0.3, -0.25) is 19.1 Å². The van der Waals surface area contributed by atoms with Crippen molar-refractivity contribution < 1.29 is 9.59 Å². The van der Waals surface area contributed by atoms with E-state index in [1.54, 1.807) is 27.5 Å². The van der Waals surface area contributed by atoms with Gasteiger partial charge in [0, 0.05) is 44.5 Å². The smallest absolute Gasteiger partial charge is 0.315 e. The van der Waals surface area contributed by atoms with Crippen molar-refractivity contribution in [3.05, 3.63) is 29.2 Å². The van der Waals surface area contributed by atoms with Gasteiger partial charge in [0.05, 0.1) is 11.9 Å². The van der Waals surface area contributed by atoms with Crippen molar-refractivity contribution in [1.82, 2.24) is 30.2 Å². The first-order valence-corrected chi connectivity index (χ1v) is 8.20. The number of hydrogen-bond acceptors (Lipinski definition) is 4. The minimum absolute atomic E-state index is 0.115. The molecule has 0 aromatic carbocycles. The van der Waals surface area contributed by atoms with Crippen LogP contribution in [0.2, 0.25) is 0 Å². The first-order valence-electron chi connectivity index (χ1n) is 8.20. The lowest BCUT2D eigenvalue weighted by Gasteiger charge is -2.17. The summed E-state index contributed by atoms with van der Waals surface area (Å²) in [6.07, 6.45) is 2.30. The quantitative estimate of drug-likeness (QED) is 0.837. The molecular formula is C16H23N7O2. The van der Waals surface area contributed by atoms with Crippen molar-refractivity contribution in [1.29, 1.82) is 0 Å². The van der Waals surface area contributed by atoms with Gasteiger partial charge in [0.2, 0.25) is 0 Å². The molecule has 134 valence electrons. The predicted octanol–water partition coefficient (Wildman–Crippen LogP) is 0.375. The number of carbonyl (C=O) groups is 2. The van der Waals surface area contributed by atoms with Crippen LogP contribution < -0.4 is 15.5 Å². The number of aryl methyl sites for hydroxylation is 3. The Hall–Kier alpha value is -2.84. The maximum absolute atomic E-state index is 12.6. The Morgan fingerprint density at radius 1 is 1.32 bits per heavy atom. The van der Waals surface area contributed by atoms with E-state index in [1.807, 2.05) is 27.0 Å². The van der Waals surface area contributed by atoms with Gasteiger partial charge >= 0.3 is 6.03 Å². The van der Waals surface area contributed by atoms with Gasteiger partial charge in [-0.15, -0.1) is 0 Å². The maximum atomic E-state index is 12.6. The van der Waals surface area contributed by atoms with E-state index in [1.165, 1.54) is 0 Å². The van der Waals surface area contributed by atoms with Crippen molar-refractivity contribution in [2.75, 3.05) is 11.4 Å². The van der Waals surface area contributed by atoms with Crippen LogP contribution in [0.5, 0.6) is 0 Å². The highest BCUT2D eigenvalue weighted by Crippen LogP contribution is 2.21. The largest absolute Gasteiger partial charge is 0.334 e. The van der Waals surface area contributed by atoms with E-state index in [2.05, 4.69) is 20.8 Å². The summed E-state index contributed by atoms with van der Waals surface area (Å²) < 4.78 is 3.43. The molecule has 0 spiro atoms. The maximum Gasteiger partial charge on any atom is 0.315 e. The van der Waals surface area contributed by atoms with E-state index in [0.29, 0.717) is 19.5 Å². The van der Waals surface area contributed by atoms with Crippen LogP contribution in [0.4, 0.5) is 10.6 Å². The van der Waals surface area contributed by atoms with E-state index in [0.717, 1.165) is 22.8 Å². The third-order valence-electron chi connectivity index (χ3n) is 4.54. The molecule has 2 aromatic heterocycles. The standard InChI is InChI=1S/C16H23N7O2/c1-10-7-14(22(4)20-10)23-6-5-13(15(23)24)19-16(25)17-8-12-9-18-21(3)11(12)2/h7,9,13H,5-6,8H2,1-4H3,(H2,17,19,25)/t13-/m0/s1. The summed E-state index contributed by atoms with van der Waals surface area (Å²) in [5.41, 5.74) is 2.80. The van der Waals surface area contributed by atoms with Gasteiger partial charge in [0.25, 0.3) is 5.91 Å². The Morgan fingerprint density at radius 2 is 2.08 bits per heavy atom. The molecule has 0 bridgehead atoms. The van der Waals surface area contributed by atoms with E-state index < -0.39 is 6.04 Å². The van der Waals surface area contributed by atoms with Crippen LogP contribution in [0, 0.1) is 13.8 Å². The Labute approximate surface area is 146 Å². The Balaban J connectivity index is 1.56. The molecule has 0 saturated carbocycles. The number of nitrogens with zero attached hydrogens (tertiary/aromatic N) is 5. The minimum atomic E-state index is -0.523. The lowest BCUT2D eigenvalue weighted by molar-refractivity contribution is -0.118. The van der Waals surface area contributed by atoms with Crippen molar-refractivity contribution in [3.8, 4) is 0 Å². The second kappa shape index (κ2) is 6.58. The van der Waals surface area contributed by atoms with Crippen LogP contribution in [-0.4, -0.2) is 44.1 Å². The Bertz CT molecular complexity index is 808. The highest BCUT2D eigenvalue weighted by Gasteiger charge is 2.35. The summed E-state index contributed by atoms with van der Waals surface area (Å²) in [6.45, 7) is 4.76. The summed E-state index contributed by atoms with van der Waals surface area (Å²) in [4.78, 5) is 26.3. The highest BCUT2D eigenvalue weighted by molar-refractivity contribution is 6.00. The fourth-order valence-electron chi connectivity index (χ4n) is 2.99. The number of aromatic nitrogens is 4. The molecule has 9 heteroatoms. The fourth-order valence-corrected chi connectivity index (χ4v) is 2.99. The van der Waals surface area contributed by atoms with Gasteiger partial charge in [-0.25, -0.2) is 4.79 Å². The molecule has 3 rings (SSSR count). The van der Waals surface area contributed by atoms with E-state index in [4.69, 9.17) is 0 Å². The van der Waals surface area contributed by atoms with Crippen LogP contribution in [0.3, 0.4) is 0 Å². The monoisotopic (exact) mass is 345 g/mol.